The Kier molecular flexibility index (Phi) is 9.33. The lowest BCUT2D eigenvalue weighted by Gasteiger charge is -2.63. The van der Waals surface area contributed by atoms with Crippen LogP contribution in [0.25, 0.3) is 0 Å². The van der Waals surface area contributed by atoms with E-state index in [-0.39, 0.29) is 5.41 Å². The number of anilines is 2. The van der Waals surface area contributed by atoms with Crippen LogP contribution in [0.5, 0.6) is 23.0 Å². The molecule has 0 amide bonds. The summed E-state index contributed by atoms with van der Waals surface area (Å²) < 4.78 is 12.7. The predicted molar refractivity (Wildman–Crippen MR) is 215 cm³/mol. The maximum Gasteiger partial charge on any atom is 0.127 e. The highest BCUT2D eigenvalue weighted by atomic mass is 16.5. The molecule has 0 heterocycles. The first-order chi connectivity index (χ1) is 25.1. The summed E-state index contributed by atoms with van der Waals surface area (Å²) in [7, 11) is 0. The van der Waals surface area contributed by atoms with Gasteiger partial charge in [-0.15, -0.1) is 0 Å². The van der Waals surface area contributed by atoms with Gasteiger partial charge in [0.05, 0.1) is 0 Å². The maximum absolute atomic E-state index is 6.44. The summed E-state index contributed by atoms with van der Waals surface area (Å²) in [6, 6.07) is 33.3. The van der Waals surface area contributed by atoms with Crippen molar-refractivity contribution < 1.29 is 9.47 Å². The summed E-state index contributed by atoms with van der Waals surface area (Å²) in [6.45, 7) is 10.4. The summed E-state index contributed by atoms with van der Waals surface area (Å²) in [4.78, 5) is 0. The fraction of sp³-hybridized carbons (Fsp3) is 0.500. The van der Waals surface area contributed by atoms with Crippen LogP contribution in [0.15, 0.2) is 97.1 Å². The number of ether oxygens (including phenoxy) is 2. The molecule has 8 rings (SSSR count). The van der Waals surface area contributed by atoms with Gasteiger partial charge in [-0.05, 0) is 188 Å². The maximum atomic E-state index is 6.44. The molecule has 4 aliphatic rings. The normalized spacial score (nSPS) is 33.0. The summed E-state index contributed by atoms with van der Waals surface area (Å²) in [5, 5.41) is 0. The van der Waals surface area contributed by atoms with Gasteiger partial charge >= 0.3 is 0 Å². The number of rotatable bonds is 9. The van der Waals surface area contributed by atoms with Crippen LogP contribution in [0.1, 0.15) is 109 Å². The second-order valence-electron chi connectivity index (χ2n) is 17.8. The highest BCUT2D eigenvalue weighted by Crippen LogP contribution is 2.70. The highest BCUT2D eigenvalue weighted by Gasteiger charge is 2.62. The van der Waals surface area contributed by atoms with Crippen LogP contribution in [0.2, 0.25) is 0 Å². The van der Waals surface area contributed by atoms with Gasteiger partial charge in [-0.3, -0.25) is 0 Å². The molecule has 52 heavy (non-hydrogen) atoms. The van der Waals surface area contributed by atoms with Gasteiger partial charge in [-0.25, -0.2) is 0 Å². The first-order valence-corrected chi connectivity index (χ1v) is 20.4. The number of nitrogens with two attached hydrogens (primary N) is 2. The molecule has 0 bridgehead atoms. The Balaban J connectivity index is 1.10. The molecule has 4 N–H and O–H groups in total. The molecule has 0 aliphatic heterocycles. The zero-order chi connectivity index (χ0) is 36.1. The Bertz CT molecular complexity index is 1840. The molecule has 9 atom stereocenters. The van der Waals surface area contributed by atoms with E-state index < -0.39 is 0 Å². The van der Waals surface area contributed by atoms with Gasteiger partial charge < -0.3 is 20.9 Å². The fourth-order valence-electron chi connectivity index (χ4n) is 12.6. The van der Waals surface area contributed by atoms with E-state index in [9.17, 15) is 0 Å². The van der Waals surface area contributed by atoms with Crippen molar-refractivity contribution in [2.75, 3.05) is 11.5 Å². The smallest absolute Gasteiger partial charge is 0.127 e. The summed E-state index contributed by atoms with van der Waals surface area (Å²) in [5.74, 6) is 8.45. The molecule has 0 spiro atoms. The van der Waals surface area contributed by atoms with E-state index in [0.717, 1.165) is 70.4 Å². The molecular weight excluding hydrogens is 637 g/mol. The van der Waals surface area contributed by atoms with Crippen LogP contribution in [0.3, 0.4) is 0 Å². The highest BCUT2D eigenvalue weighted by molar-refractivity contribution is 5.48. The molecule has 9 unspecified atom stereocenters. The Morgan fingerprint density at radius 3 is 1.90 bits per heavy atom. The van der Waals surface area contributed by atoms with Gasteiger partial charge in [0, 0.05) is 16.8 Å². The van der Waals surface area contributed by atoms with E-state index >= 15 is 0 Å². The molecule has 274 valence electrons. The first kappa shape index (κ1) is 35.1. The third-order valence-corrected chi connectivity index (χ3v) is 15.3. The number of fused-ring (bicyclic) bond motifs is 5. The van der Waals surface area contributed by atoms with E-state index in [0.29, 0.717) is 16.7 Å². The van der Waals surface area contributed by atoms with E-state index in [1.807, 2.05) is 48.5 Å². The average molecular weight is 697 g/mol. The molecule has 4 aromatic rings. The second-order valence-corrected chi connectivity index (χ2v) is 17.8. The fourth-order valence-corrected chi connectivity index (χ4v) is 12.6. The largest absolute Gasteiger partial charge is 0.457 e. The minimum absolute atomic E-state index is 0.103. The van der Waals surface area contributed by atoms with E-state index in [1.54, 1.807) is 0 Å². The van der Waals surface area contributed by atoms with Crippen molar-refractivity contribution in [3.8, 4) is 23.0 Å². The van der Waals surface area contributed by atoms with Crippen molar-refractivity contribution >= 4 is 11.4 Å². The number of hydrogen-bond donors (Lipinski definition) is 2. The van der Waals surface area contributed by atoms with Crippen molar-refractivity contribution in [2.45, 2.75) is 104 Å². The summed E-state index contributed by atoms with van der Waals surface area (Å²) >= 11 is 0. The monoisotopic (exact) mass is 696 g/mol. The Labute approximate surface area is 312 Å². The molecule has 0 radical (unpaired) electrons. The molecular formula is C48H60N2O2. The lowest BCUT2D eigenvalue weighted by Crippen LogP contribution is -2.55. The molecule has 4 saturated carbocycles. The minimum Gasteiger partial charge on any atom is -0.457 e. The number of hydrogen-bond acceptors (Lipinski definition) is 4. The minimum atomic E-state index is -0.103. The van der Waals surface area contributed by atoms with Gasteiger partial charge in [0.15, 0.2) is 0 Å². The van der Waals surface area contributed by atoms with Crippen LogP contribution < -0.4 is 20.9 Å². The van der Waals surface area contributed by atoms with Gasteiger partial charge in [-0.1, -0.05) is 64.8 Å². The van der Waals surface area contributed by atoms with Gasteiger partial charge in [0.1, 0.15) is 23.0 Å². The molecule has 4 aromatic carbocycles. The molecule has 4 aliphatic carbocycles. The van der Waals surface area contributed by atoms with Crippen LogP contribution in [-0.4, -0.2) is 0 Å². The van der Waals surface area contributed by atoms with Crippen molar-refractivity contribution in [3.05, 3.63) is 108 Å². The number of nitrogen functional groups attached to an aromatic ring is 2. The standard InChI is InChI=1S/C48H60N2O2/c1-5-7-32(2)43-24-25-44-42-23-12-35-31-48(29-28-46(35,3)45(42)26-27-47(43,44)4,33-10-17-38(18-11-33)51-39-19-13-36(49)14-20-39)34-8-6-9-41(30-34)52-40-21-15-37(50)16-22-40/h6,8-11,13-22,30,32,35,42-45H,5,7,12,23-29,31,49-50H2,1-4H3. The van der Waals surface area contributed by atoms with Crippen molar-refractivity contribution in [2.24, 2.45) is 46.3 Å². The molecule has 0 aromatic heterocycles. The van der Waals surface area contributed by atoms with Crippen LogP contribution in [0, 0.1) is 46.3 Å². The lowest BCUT2D eigenvalue weighted by molar-refractivity contribution is -0.122. The summed E-state index contributed by atoms with van der Waals surface area (Å²) in [5.41, 5.74) is 16.9. The summed E-state index contributed by atoms with van der Waals surface area (Å²) in [6.07, 6.45) is 14.8. The predicted octanol–water partition coefficient (Wildman–Crippen LogP) is 12.8. The number of benzene rings is 4. The van der Waals surface area contributed by atoms with Crippen LogP contribution in [-0.2, 0) is 5.41 Å². The van der Waals surface area contributed by atoms with Crippen molar-refractivity contribution in [3.63, 3.8) is 0 Å². The van der Waals surface area contributed by atoms with Gasteiger partial charge in [-0.2, -0.15) is 0 Å². The Hall–Kier alpha value is -3.92. The van der Waals surface area contributed by atoms with Crippen molar-refractivity contribution in [1.82, 2.24) is 0 Å². The second kappa shape index (κ2) is 13.8. The molecule has 0 saturated heterocycles. The van der Waals surface area contributed by atoms with E-state index in [2.05, 4.69) is 76.2 Å². The van der Waals surface area contributed by atoms with E-state index in [4.69, 9.17) is 20.9 Å². The van der Waals surface area contributed by atoms with Gasteiger partial charge in [0.25, 0.3) is 0 Å². The zero-order valence-corrected chi connectivity index (χ0v) is 32.0. The third-order valence-electron chi connectivity index (χ3n) is 15.3. The quantitative estimate of drug-likeness (QED) is 0.171. The topological polar surface area (TPSA) is 70.5 Å². The zero-order valence-electron chi connectivity index (χ0n) is 32.0. The molecule has 4 heteroatoms. The SMILES string of the molecule is CCCC(C)C1CCC2C3CCC4CC(c5ccc(Oc6ccc(N)cc6)cc5)(c5cccc(Oc6ccc(N)cc6)c5)CCC4(C)C3CCC12C. The van der Waals surface area contributed by atoms with Crippen LogP contribution >= 0.6 is 0 Å². The Morgan fingerprint density at radius 1 is 0.635 bits per heavy atom. The van der Waals surface area contributed by atoms with Gasteiger partial charge in [0.2, 0.25) is 0 Å². The van der Waals surface area contributed by atoms with Crippen LogP contribution in [0.4, 0.5) is 11.4 Å². The first-order valence-electron chi connectivity index (χ1n) is 20.4. The van der Waals surface area contributed by atoms with Crippen molar-refractivity contribution in [1.29, 1.82) is 0 Å². The molecule has 4 fully saturated rings. The third kappa shape index (κ3) is 6.18. The lowest BCUT2D eigenvalue weighted by atomic mass is 9.42. The Morgan fingerprint density at radius 2 is 1.25 bits per heavy atom. The average Bonchev–Trinajstić information content (AvgIpc) is 3.51. The van der Waals surface area contributed by atoms with E-state index in [1.165, 1.54) is 75.3 Å². The molecule has 4 nitrogen and oxygen atoms in total.